The molecule has 28 heavy (non-hydrogen) atoms. The molecule has 1 amide bonds. The number of anilines is 1. The Morgan fingerprint density at radius 3 is 2.32 bits per heavy atom. The molecular formula is C23H29N3O2. The van der Waals surface area contributed by atoms with Crippen LogP contribution in [-0.2, 0) is 6.54 Å². The summed E-state index contributed by atoms with van der Waals surface area (Å²) in [5.74, 6) is 1.08. The number of carbonyl (C=O) groups is 1. The summed E-state index contributed by atoms with van der Waals surface area (Å²) >= 11 is 0. The quantitative estimate of drug-likeness (QED) is 0.799. The Bertz CT molecular complexity index is 792. The summed E-state index contributed by atoms with van der Waals surface area (Å²) in [7, 11) is 1.70. The molecule has 2 aromatic carbocycles. The number of benzene rings is 2. The zero-order valence-electron chi connectivity index (χ0n) is 16.6. The van der Waals surface area contributed by atoms with Gasteiger partial charge in [0.15, 0.2) is 0 Å². The van der Waals surface area contributed by atoms with Crippen molar-refractivity contribution in [2.45, 2.75) is 19.4 Å². The maximum absolute atomic E-state index is 12.6. The monoisotopic (exact) mass is 379 g/mol. The van der Waals surface area contributed by atoms with Gasteiger partial charge in [0.1, 0.15) is 5.75 Å². The molecular weight excluding hydrogens is 350 g/mol. The first kappa shape index (κ1) is 18.8. The normalized spacial score (nSPS) is 17.8. The van der Waals surface area contributed by atoms with Crippen LogP contribution >= 0.6 is 0 Å². The lowest BCUT2D eigenvalue weighted by molar-refractivity contribution is 0.0792. The minimum absolute atomic E-state index is 0.184. The van der Waals surface area contributed by atoms with Gasteiger partial charge < -0.3 is 14.5 Å². The molecule has 148 valence electrons. The highest BCUT2D eigenvalue weighted by molar-refractivity contribution is 5.94. The molecule has 0 aliphatic carbocycles. The molecule has 4 rings (SSSR count). The van der Waals surface area contributed by atoms with Crippen molar-refractivity contribution in [3.8, 4) is 5.75 Å². The first-order chi connectivity index (χ1) is 13.7. The largest absolute Gasteiger partial charge is 0.497 e. The second-order valence-electron chi connectivity index (χ2n) is 7.66. The van der Waals surface area contributed by atoms with Crippen LogP contribution < -0.4 is 9.64 Å². The third kappa shape index (κ3) is 4.30. The zero-order chi connectivity index (χ0) is 19.3. The highest BCUT2D eigenvalue weighted by Crippen LogP contribution is 2.21. The molecule has 2 fully saturated rings. The van der Waals surface area contributed by atoms with Gasteiger partial charge in [-0.2, -0.15) is 0 Å². The molecule has 0 bridgehead atoms. The Labute approximate surface area is 167 Å². The van der Waals surface area contributed by atoms with Gasteiger partial charge in [-0.3, -0.25) is 9.69 Å². The third-order valence-electron chi connectivity index (χ3n) is 5.78. The van der Waals surface area contributed by atoms with Crippen molar-refractivity contribution in [3.63, 3.8) is 0 Å². The van der Waals surface area contributed by atoms with E-state index in [1.165, 1.54) is 11.3 Å². The summed E-state index contributed by atoms with van der Waals surface area (Å²) in [6, 6.07) is 16.5. The van der Waals surface area contributed by atoms with Crippen LogP contribution in [-0.4, -0.2) is 62.1 Å². The van der Waals surface area contributed by atoms with Crippen LogP contribution in [0.3, 0.4) is 0 Å². The number of methoxy groups -OCH3 is 1. The fourth-order valence-corrected chi connectivity index (χ4v) is 4.12. The Balaban J connectivity index is 1.33. The van der Waals surface area contributed by atoms with E-state index < -0.39 is 0 Å². The minimum atomic E-state index is 0.184. The topological polar surface area (TPSA) is 36.0 Å². The van der Waals surface area contributed by atoms with Crippen LogP contribution in [0.5, 0.6) is 5.75 Å². The van der Waals surface area contributed by atoms with Crippen LogP contribution in [0.2, 0.25) is 0 Å². The summed E-state index contributed by atoms with van der Waals surface area (Å²) in [5, 5.41) is 0. The van der Waals surface area contributed by atoms with Gasteiger partial charge in [-0.05, 0) is 54.8 Å². The Morgan fingerprint density at radius 1 is 0.929 bits per heavy atom. The van der Waals surface area contributed by atoms with Crippen molar-refractivity contribution >= 4 is 11.6 Å². The van der Waals surface area contributed by atoms with E-state index in [4.69, 9.17) is 4.74 Å². The molecule has 0 spiro atoms. The summed E-state index contributed by atoms with van der Waals surface area (Å²) < 4.78 is 5.25. The predicted octanol–water partition coefficient (Wildman–Crippen LogP) is 3.25. The van der Waals surface area contributed by atoms with Gasteiger partial charge >= 0.3 is 0 Å². The molecule has 2 heterocycles. The fourth-order valence-electron chi connectivity index (χ4n) is 4.12. The standard InChI is InChI=1S/C23H29N3O2/c1-28-22-9-7-21(8-10-22)25-15-13-24(14-16-25)18-19-5-4-6-20(17-19)23(27)26-11-2-3-12-26/h4-10,17H,2-3,11-16,18H2,1H3. The van der Waals surface area contributed by atoms with E-state index >= 15 is 0 Å². The number of likely N-dealkylation sites (tertiary alicyclic amines) is 1. The number of hydrogen-bond donors (Lipinski definition) is 0. The summed E-state index contributed by atoms with van der Waals surface area (Å²) in [6.45, 7) is 6.77. The molecule has 2 aliphatic rings. The van der Waals surface area contributed by atoms with Gasteiger partial charge in [-0.15, -0.1) is 0 Å². The van der Waals surface area contributed by atoms with E-state index in [1.54, 1.807) is 7.11 Å². The average Bonchev–Trinajstić information content (AvgIpc) is 3.29. The zero-order valence-corrected chi connectivity index (χ0v) is 16.6. The second kappa shape index (κ2) is 8.65. The van der Waals surface area contributed by atoms with Crippen LogP contribution in [0.4, 0.5) is 5.69 Å². The van der Waals surface area contributed by atoms with Crippen molar-refractivity contribution in [2.75, 3.05) is 51.3 Å². The number of carbonyl (C=O) groups excluding carboxylic acids is 1. The second-order valence-corrected chi connectivity index (χ2v) is 7.66. The number of ether oxygens (including phenoxy) is 1. The molecule has 0 atom stereocenters. The van der Waals surface area contributed by atoms with E-state index in [0.29, 0.717) is 0 Å². The lowest BCUT2D eigenvalue weighted by Gasteiger charge is -2.36. The summed E-state index contributed by atoms with van der Waals surface area (Å²) in [6.07, 6.45) is 2.26. The first-order valence-corrected chi connectivity index (χ1v) is 10.2. The van der Waals surface area contributed by atoms with Gasteiger partial charge in [0.2, 0.25) is 0 Å². The predicted molar refractivity (Wildman–Crippen MR) is 112 cm³/mol. The van der Waals surface area contributed by atoms with Crippen LogP contribution in [0.15, 0.2) is 48.5 Å². The Hall–Kier alpha value is -2.53. The van der Waals surface area contributed by atoms with Gasteiger partial charge in [-0.1, -0.05) is 12.1 Å². The molecule has 0 radical (unpaired) electrons. The number of nitrogens with zero attached hydrogens (tertiary/aromatic N) is 3. The Morgan fingerprint density at radius 2 is 1.64 bits per heavy atom. The van der Waals surface area contributed by atoms with Crippen molar-refractivity contribution < 1.29 is 9.53 Å². The van der Waals surface area contributed by atoms with E-state index in [1.807, 2.05) is 29.2 Å². The van der Waals surface area contributed by atoms with Gasteiger partial charge in [-0.25, -0.2) is 0 Å². The molecule has 0 saturated carbocycles. The maximum atomic E-state index is 12.6. The summed E-state index contributed by atoms with van der Waals surface area (Å²) in [5.41, 5.74) is 3.30. The summed E-state index contributed by atoms with van der Waals surface area (Å²) in [4.78, 5) is 19.5. The SMILES string of the molecule is COc1ccc(N2CCN(Cc3cccc(C(=O)N4CCCC4)c3)CC2)cc1. The molecule has 2 aromatic rings. The van der Waals surface area contributed by atoms with Gasteiger partial charge in [0, 0.05) is 57.1 Å². The van der Waals surface area contributed by atoms with Crippen molar-refractivity contribution in [1.82, 2.24) is 9.80 Å². The molecule has 0 unspecified atom stereocenters. The van der Waals surface area contributed by atoms with E-state index in [2.05, 4.69) is 34.1 Å². The number of amides is 1. The molecule has 0 aromatic heterocycles. The number of piperazine rings is 1. The van der Waals surface area contributed by atoms with Crippen molar-refractivity contribution in [1.29, 1.82) is 0 Å². The van der Waals surface area contributed by atoms with E-state index in [0.717, 1.165) is 70.0 Å². The van der Waals surface area contributed by atoms with Crippen molar-refractivity contribution in [3.05, 3.63) is 59.7 Å². The Kier molecular flexibility index (Phi) is 5.81. The van der Waals surface area contributed by atoms with E-state index in [-0.39, 0.29) is 5.91 Å². The lowest BCUT2D eigenvalue weighted by atomic mass is 10.1. The van der Waals surface area contributed by atoms with Crippen LogP contribution in [0.25, 0.3) is 0 Å². The number of rotatable bonds is 5. The van der Waals surface area contributed by atoms with Crippen LogP contribution in [0.1, 0.15) is 28.8 Å². The molecule has 0 N–H and O–H groups in total. The number of hydrogen-bond acceptors (Lipinski definition) is 4. The maximum Gasteiger partial charge on any atom is 0.253 e. The fraction of sp³-hybridized carbons (Fsp3) is 0.435. The molecule has 2 saturated heterocycles. The van der Waals surface area contributed by atoms with Gasteiger partial charge in [0.25, 0.3) is 5.91 Å². The third-order valence-corrected chi connectivity index (χ3v) is 5.78. The molecule has 5 heteroatoms. The van der Waals surface area contributed by atoms with Crippen LogP contribution in [0, 0.1) is 0 Å². The van der Waals surface area contributed by atoms with Crippen molar-refractivity contribution in [2.24, 2.45) is 0 Å². The minimum Gasteiger partial charge on any atom is -0.497 e. The molecule has 5 nitrogen and oxygen atoms in total. The molecule has 2 aliphatic heterocycles. The smallest absolute Gasteiger partial charge is 0.253 e. The lowest BCUT2D eigenvalue weighted by Crippen LogP contribution is -2.45. The van der Waals surface area contributed by atoms with E-state index in [9.17, 15) is 4.79 Å². The van der Waals surface area contributed by atoms with Gasteiger partial charge in [0.05, 0.1) is 7.11 Å². The average molecular weight is 380 g/mol. The first-order valence-electron chi connectivity index (χ1n) is 10.2. The highest BCUT2D eigenvalue weighted by Gasteiger charge is 2.21. The highest BCUT2D eigenvalue weighted by atomic mass is 16.5.